The van der Waals surface area contributed by atoms with Crippen molar-refractivity contribution in [3.63, 3.8) is 0 Å². The van der Waals surface area contributed by atoms with Crippen LogP contribution >= 0.6 is 0 Å². The second kappa shape index (κ2) is 7.42. The first-order valence-electron chi connectivity index (χ1n) is 8.06. The van der Waals surface area contributed by atoms with Crippen LogP contribution < -0.4 is 19.1 Å². The van der Waals surface area contributed by atoms with E-state index in [1.54, 1.807) is 25.2 Å². The van der Waals surface area contributed by atoms with Gasteiger partial charge in [-0.2, -0.15) is 0 Å². The van der Waals surface area contributed by atoms with Gasteiger partial charge in [0, 0.05) is 12.5 Å². The molecule has 0 aromatic heterocycles. The summed E-state index contributed by atoms with van der Waals surface area (Å²) in [6.07, 6.45) is 0.827. The van der Waals surface area contributed by atoms with Gasteiger partial charge in [0.1, 0.15) is 18.2 Å². The number of carbonyl (C=O) groups is 1. The lowest BCUT2D eigenvalue weighted by Gasteiger charge is -2.29. The van der Waals surface area contributed by atoms with Crippen LogP contribution in [0.15, 0.2) is 36.4 Å². The number of rotatable bonds is 5. The molecule has 1 aliphatic heterocycles. The Kier molecular flexibility index (Phi) is 5.07. The lowest BCUT2D eigenvalue weighted by atomic mass is 10.1. The van der Waals surface area contributed by atoms with Crippen molar-refractivity contribution in [2.45, 2.75) is 12.8 Å². The molecule has 0 atom stereocenters. The zero-order valence-electron chi connectivity index (χ0n) is 14.3. The van der Waals surface area contributed by atoms with Crippen LogP contribution in [-0.4, -0.2) is 33.3 Å². The van der Waals surface area contributed by atoms with Crippen molar-refractivity contribution < 1.29 is 23.4 Å². The van der Waals surface area contributed by atoms with E-state index in [4.69, 9.17) is 14.2 Å². The number of anilines is 1. The molecule has 0 spiro atoms. The van der Waals surface area contributed by atoms with Crippen LogP contribution in [0.4, 0.5) is 10.1 Å². The average Bonchev–Trinajstić information content (AvgIpc) is 2.64. The fraction of sp³-hybridized carbons (Fsp3) is 0.316. The maximum atomic E-state index is 13.3. The number of carbonyl (C=O) groups excluding carboxylic acids is 1. The van der Waals surface area contributed by atoms with Crippen molar-refractivity contribution in [1.29, 1.82) is 0 Å². The molecule has 1 heterocycles. The number of ether oxygens (including phenoxy) is 3. The number of halogens is 1. The molecule has 6 heteroatoms. The first kappa shape index (κ1) is 17.1. The van der Waals surface area contributed by atoms with Gasteiger partial charge in [0.2, 0.25) is 5.91 Å². The fourth-order valence-electron chi connectivity index (χ4n) is 2.98. The van der Waals surface area contributed by atoms with E-state index in [1.165, 1.54) is 12.1 Å². The Morgan fingerprint density at radius 1 is 1.24 bits per heavy atom. The van der Waals surface area contributed by atoms with Gasteiger partial charge < -0.3 is 19.1 Å². The summed E-state index contributed by atoms with van der Waals surface area (Å²) in [5, 5.41) is 0. The van der Waals surface area contributed by atoms with Gasteiger partial charge in [0.05, 0.1) is 26.5 Å². The van der Waals surface area contributed by atoms with Gasteiger partial charge in [-0.1, -0.05) is 12.1 Å². The van der Waals surface area contributed by atoms with Crippen molar-refractivity contribution in [2.24, 2.45) is 0 Å². The highest BCUT2D eigenvalue weighted by Crippen LogP contribution is 2.34. The van der Waals surface area contributed by atoms with Gasteiger partial charge in [0.25, 0.3) is 0 Å². The van der Waals surface area contributed by atoms with Crippen LogP contribution in [0.1, 0.15) is 12.0 Å². The van der Waals surface area contributed by atoms with Crippen LogP contribution in [0.5, 0.6) is 17.2 Å². The normalized spacial score (nSPS) is 13.0. The third kappa shape index (κ3) is 3.52. The number of amides is 1. The molecule has 2 aromatic carbocycles. The summed E-state index contributed by atoms with van der Waals surface area (Å²) in [7, 11) is 3.16. The van der Waals surface area contributed by atoms with Crippen molar-refractivity contribution in [3.05, 3.63) is 47.8 Å². The van der Waals surface area contributed by atoms with Crippen LogP contribution in [0, 0.1) is 5.82 Å². The maximum Gasteiger partial charge on any atom is 0.227 e. The summed E-state index contributed by atoms with van der Waals surface area (Å²) >= 11 is 0. The highest BCUT2D eigenvalue weighted by Gasteiger charge is 2.24. The first-order chi connectivity index (χ1) is 12.1. The molecule has 3 rings (SSSR count). The van der Waals surface area contributed by atoms with Crippen LogP contribution in [0.3, 0.4) is 0 Å². The Labute approximate surface area is 145 Å². The molecule has 1 amide bonds. The standard InChI is InChI=1S/C19H20FNO4/c1-23-16-5-3-4-13(19(16)24-2)6-9-18(22)21-10-11-25-17-12-14(20)7-8-15(17)21/h3-5,7-8,12H,6,9-11H2,1-2H3. The highest BCUT2D eigenvalue weighted by atomic mass is 19.1. The molecule has 132 valence electrons. The topological polar surface area (TPSA) is 48.0 Å². The van der Waals surface area contributed by atoms with E-state index in [0.29, 0.717) is 48.9 Å². The zero-order valence-corrected chi connectivity index (χ0v) is 14.3. The number of aryl methyl sites for hydroxylation is 1. The molecule has 0 unspecified atom stereocenters. The molecular weight excluding hydrogens is 325 g/mol. The molecule has 0 saturated heterocycles. The average molecular weight is 345 g/mol. The minimum Gasteiger partial charge on any atom is -0.493 e. The van der Waals surface area contributed by atoms with E-state index >= 15 is 0 Å². The van der Waals surface area contributed by atoms with E-state index in [9.17, 15) is 9.18 Å². The molecule has 25 heavy (non-hydrogen) atoms. The summed E-state index contributed by atoms with van der Waals surface area (Å²) in [5.74, 6) is 1.26. The number of para-hydroxylation sites is 1. The monoisotopic (exact) mass is 345 g/mol. The van der Waals surface area contributed by atoms with Crippen molar-refractivity contribution in [1.82, 2.24) is 0 Å². The highest BCUT2D eigenvalue weighted by molar-refractivity contribution is 5.95. The molecule has 5 nitrogen and oxygen atoms in total. The number of fused-ring (bicyclic) bond motifs is 1. The van der Waals surface area contributed by atoms with E-state index in [-0.39, 0.29) is 11.7 Å². The smallest absolute Gasteiger partial charge is 0.227 e. The Bertz CT molecular complexity index is 778. The molecule has 0 N–H and O–H groups in total. The summed E-state index contributed by atoms with van der Waals surface area (Å²) in [6.45, 7) is 0.803. The quantitative estimate of drug-likeness (QED) is 0.835. The molecule has 0 radical (unpaired) electrons. The Hall–Kier alpha value is -2.76. The third-order valence-corrected chi connectivity index (χ3v) is 4.18. The molecule has 0 bridgehead atoms. The molecule has 1 aliphatic rings. The second-order valence-electron chi connectivity index (χ2n) is 5.66. The number of hydrogen-bond donors (Lipinski definition) is 0. The van der Waals surface area contributed by atoms with Gasteiger partial charge in [0.15, 0.2) is 11.5 Å². The maximum absolute atomic E-state index is 13.3. The Morgan fingerprint density at radius 2 is 2.08 bits per heavy atom. The van der Waals surface area contributed by atoms with Gasteiger partial charge in [-0.15, -0.1) is 0 Å². The minimum absolute atomic E-state index is 0.0407. The number of methoxy groups -OCH3 is 2. The van der Waals surface area contributed by atoms with E-state index in [0.717, 1.165) is 5.56 Å². The van der Waals surface area contributed by atoms with Crippen LogP contribution in [0.2, 0.25) is 0 Å². The first-order valence-corrected chi connectivity index (χ1v) is 8.06. The lowest BCUT2D eigenvalue weighted by molar-refractivity contribution is -0.118. The summed E-state index contributed by atoms with van der Waals surface area (Å²) in [6, 6.07) is 9.81. The van der Waals surface area contributed by atoms with Crippen molar-refractivity contribution in [3.8, 4) is 17.2 Å². The van der Waals surface area contributed by atoms with Gasteiger partial charge >= 0.3 is 0 Å². The predicted octanol–water partition coefficient (Wildman–Crippen LogP) is 3.20. The molecule has 0 saturated carbocycles. The fourth-order valence-corrected chi connectivity index (χ4v) is 2.98. The number of hydrogen-bond acceptors (Lipinski definition) is 4. The number of nitrogens with zero attached hydrogens (tertiary/aromatic N) is 1. The van der Waals surface area contributed by atoms with Crippen LogP contribution in [-0.2, 0) is 11.2 Å². The van der Waals surface area contributed by atoms with Gasteiger partial charge in [-0.25, -0.2) is 4.39 Å². The molecule has 0 aliphatic carbocycles. The van der Waals surface area contributed by atoms with E-state index < -0.39 is 0 Å². The number of benzene rings is 2. The lowest BCUT2D eigenvalue weighted by Crippen LogP contribution is -2.38. The summed E-state index contributed by atoms with van der Waals surface area (Å²) < 4.78 is 29.5. The van der Waals surface area contributed by atoms with E-state index in [2.05, 4.69) is 0 Å². The van der Waals surface area contributed by atoms with Crippen LogP contribution in [0.25, 0.3) is 0 Å². The molecule has 2 aromatic rings. The van der Waals surface area contributed by atoms with Crippen molar-refractivity contribution >= 4 is 11.6 Å². The SMILES string of the molecule is COc1cccc(CCC(=O)N2CCOc3cc(F)ccc32)c1OC. The summed E-state index contributed by atoms with van der Waals surface area (Å²) in [5.41, 5.74) is 1.51. The molecule has 0 fully saturated rings. The largest absolute Gasteiger partial charge is 0.493 e. The summed E-state index contributed by atoms with van der Waals surface area (Å²) in [4.78, 5) is 14.3. The second-order valence-corrected chi connectivity index (χ2v) is 5.66. The van der Waals surface area contributed by atoms with Gasteiger partial charge in [-0.05, 0) is 30.2 Å². The Morgan fingerprint density at radius 3 is 2.84 bits per heavy atom. The van der Waals surface area contributed by atoms with Gasteiger partial charge in [-0.3, -0.25) is 4.79 Å². The Balaban J connectivity index is 1.75. The van der Waals surface area contributed by atoms with Crippen molar-refractivity contribution in [2.75, 3.05) is 32.3 Å². The predicted molar refractivity (Wildman–Crippen MR) is 92.1 cm³/mol. The zero-order chi connectivity index (χ0) is 17.8. The minimum atomic E-state index is -0.380. The molecular formula is C19H20FNO4. The van der Waals surface area contributed by atoms with E-state index in [1.807, 2.05) is 18.2 Å². The third-order valence-electron chi connectivity index (χ3n) is 4.18.